The molecule has 1 aromatic heterocycles. The maximum Gasteiger partial charge on any atom is 0.338 e. The van der Waals surface area contributed by atoms with Gasteiger partial charge in [0.1, 0.15) is 29.0 Å². The standard InChI is InChI=1S/C21H25FO2.C21H26O3.C21H26O2.C20H23FO2.C20H25NO2.C16H19NO4S/c1-2-3-4-5-6-7-8-16-9-11-17(12-10-16)19-14-13-18(21(23)24)15-20(19)22;1-2-3-4-5-6-7-16-24-20-14-12-18(13-15-20)17-8-10-19(11-9-17)21(22)23;1-2-3-4-5-6-7-8-17-9-11-18(12-10-17)19-13-15-20(16-14-19)21(22)23;1-2-3-4-5-6-7-15-8-10-16(11-9-15)17-12-13-18(20(22)23)19(21)14-17;1-2-3-4-5-6-7-16-8-10-17(11-9-16)18-12-14-19(15-13-18)20(22)21-23;1-3-8-20-9-10-21-14-11(2)22-15(17-14)12-4-6-13(7-5-12)16(18)19/h9-15H,2-8H2,1H3,(H,23,24);8-15H,2-7,16H2,1H3,(H,22,23);9-16H,2-8H2,1H3,(H,22,23);8-14H,2-7H2,1H3,(H,22,23);8-15,23H,2-7H2,1H3,(H,21,22);4-7H,3,8-10H2,1-2H3,(H,18,19). The molecule has 0 unspecified atom stereocenters. The van der Waals surface area contributed by atoms with E-state index in [0.717, 1.165) is 124 Å². The first-order valence-electron chi connectivity index (χ1n) is 49.9. The zero-order valence-electron chi connectivity index (χ0n) is 82.4. The first-order valence-corrected chi connectivity index (χ1v) is 50.7. The number of carbonyl (C=O) groups excluding carboxylic acids is 1. The highest BCUT2D eigenvalue weighted by Gasteiger charge is 2.17. The SMILES string of the molecule is CCCCCCCCOc1ccc(-c2ccc(C(=O)O)cc2)cc1.CCCCCCCCc1ccc(-c2ccc(C(=O)O)cc2)cc1.CCCCCCCCc1ccc(-c2ccc(C(=O)O)cc2F)cc1.CCCCCCCc1ccc(-c2ccc(C(=O)NO)cc2)cc1.CCCCCCCc1ccc(-c2ccc(C(=O)O)c(F)c2)cc1.CCCOCCOc1nc(-c2ccc(C(=O)O)cc2)sc1C. The summed E-state index contributed by atoms with van der Waals surface area (Å²) in [4.78, 5) is 71.1. The fourth-order valence-electron chi connectivity index (χ4n) is 15.4. The van der Waals surface area contributed by atoms with Crippen molar-refractivity contribution >= 4 is 47.1 Å². The van der Waals surface area contributed by atoms with Crippen molar-refractivity contribution in [3.8, 4) is 77.8 Å². The number of aromatic carboxylic acids is 5. The first-order chi connectivity index (χ1) is 67.5. The molecule has 7 N–H and O–H groups in total. The summed E-state index contributed by atoms with van der Waals surface area (Å²) in [5.41, 5.74) is 18.1. The van der Waals surface area contributed by atoms with E-state index in [-0.39, 0.29) is 16.7 Å². The van der Waals surface area contributed by atoms with Gasteiger partial charge in [0, 0.05) is 23.3 Å². The van der Waals surface area contributed by atoms with Crippen LogP contribution in [0, 0.1) is 18.6 Å². The average Bonchev–Trinajstić information content (AvgIpc) is 1.60. The van der Waals surface area contributed by atoms with Gasteiger partial charge in [-0.2, -0.15) is 0 Å². The molecular formula is C119H144F2N2O15S. The van der Waals surface area contributed by atoms with E-state index in [4.69, 9.17) is 45.0 Å². The third-order valence-electron chi connectivity index (χ3n) is 23.7. The molecule has 0 aliphatic rings. The zero-order chi connectivity index (χ0) is 100. The molecule has 139 heavy (non-hydrogen) atoms. The Kier molecular flexibility index (Phi) is 53.7. The Morgan fingerprint density at radius 3 is 0.957 bits per heavy atom. The van der Waals surface area contributed by atoms with Crippen molar-refractivity contribution in [3.63, 3.8) is 0 Å². The van der Waals surface area contributed by atoms with Crippen LogP contribution in [0.3, 0.4) is 0 Å². The van der Waals surface area contributed by atoms with Gasteiger partial charge in [0.25, 0.3) is 5.91 Å². The normalized spacial score (nSPS) is 10.6. The molecular weight excluding hydrogens is 1770 g/mol. The van der Waals surface area contributed by atoms with Crippen LogP contribution in [0.2, 0.25) is 0 Å². The minimum Gasteiger partial charge on any atom is -0.494 e. The fourth-order valence-corrected chi connectivity index (χ4v) is 16.3. The number of nitrogens with zero attached hydrogens (tertiary/aromatic N) is 1. The average molecular weight is 1910 g/mol. The van der Waals surface area contributed by atoms with Crippen molar-refractivity contribution in [1.29, 1.82) is 0 Å². The largest absolute Gasteiger partial charge is 0.494 e. The monoisotopic (exact) mass is 1910 g/mol. The summed E-state index contributed by atoms with van der Waals surface area (Å²) in [5, 5.41) is 54.0. The number of carboxylic acid groups (broad SMARTS) is 5. The second kappa shape index (κ2) is 65.9. The Balaban J connectivity index is 0.000000227. The van der Waals surface area contributed by atoms with Crippen LogP contribution in [0.1, 0.15) is 317 Å². The molecule has 0 saturated carbocycles. The molecule has 0 fully saturated rings. The van der Waals surface area contributed by atoms with E-state index in [9.17, 15) is 37.5 Å². The number of hydrogen-bond donors (Lipinski definition) is 7. The molecule has 740 valence electrons. The molecule has 1 heterocycles. The topological polar surface area (TPSA) is 276 Å². The highest BCUT2D eigenvalue weighted by molar-refractivity contribution is 7.15. The molecule has 1 amide bonds. The molecule has 12 rings (SSSR count). The number of nitrogens with one attached hydrogen (secondary N) is 1. The third-order valence-corrected chi connectivity index (χ3v) is 24.7. The number of benzene rings is 11. The number of aryl methyl sites for hydroxylation is 5. The van der Waals surface area contributed by atoms with E-state index < -0.39 is 47.4 Å². The van der Waals surface area contributed by atoms with Crippen molar-refractivity contribution < 1.29 is 82.5 Å². The summed E-state index contributed by atoms with van der Waals surface area (Å²) in [6, 6.07) is 77.3. The van der Waals surface area contributed by atoms with Gasteiger partial charge in [0.05, 0.1) is 45.9 Å². The molecule has 11 aromatic carbocycles. The minimum absolute atomic E-state index is 0.0315. The molecule has 0 radical (unpaired) electrons. The highest BCUT2D eigenvalue weighted by atomic mass is 32.1. The van der Waals surface area contributed by atoms with Gasteiger partial charge in [-0.05, 0) is 228 Å². The Morgan fingerprint density at radius 1 is 0.295 bits per heavy atom. The van der Waals surface area contributed by atoms with Crippen molar-refractivity contribution in [2.75, 3.05) is 26.4 Å². The van der Waals surface area contributed by atoms with E-state index in [2.05, 4.69) is 107 Å². The van der Waals surface area contributed by atoms with Crippen LogP contribution in [0.15, 0.2) is 255 Å². The number of ether oxygens (including phenoxy) is 3. The Hall–Kier alpha value is -12.8. The van der Waals surface area contributed by atoms with Gasteiger partial charge in [-0.15, -0.1) is 11.3 Å². The van der Waals surface area contributed by atoms with Gasteiger partial charge >= 0.3 is 29.8 Å². The van der Waals surface area contributed by atoms with Gasteiger partial charge in [-0.1, -0.05) is 359 Å². The molecule has 17 nitrogen and oxygen atoms in total. The number of aromatic nitrogens is 1. The quantitative estimate of drug-likeness (QED) is 0.0106. The lowest BCUT2D eigenvalue weighted by Gasteiger charge is -2.08. The van der Waals surface area contributed by atoms with Crippen molar-refractivity contribution in [2.45, 2.75) is 260 Å². The maximum atomic E-state index is 14.1. The number of carbonyl (C=O) groups is 6. The van der Waals surface area contributed by atoms with Gasteiger partial charge in [-0.25, -0.2) is 43.2 Å². The number of unbranched alkanes of at least 4 members (excludes halogenated alkanes) is 23. The maximum absolute atomic E-state index is 14.1. The van der Waals surface area contributed by atoms with Crippen LogP contribution < -0.4 is 15.0 Å². The Morgan fingerprint density at radius 2 is 0.612 bits per heavy atom. The van der Waals surface area contributed by atoms with Crippen LogP contribution in [0.25, 0.3) is 66.2 Å². The molecule has 0 bridgehead atoms. The smallest absolute Gasteiger partial charge is 0.338 e. The van der Waals surface area contributed by atoms with Crippen LogP contribution >= 0.6 is 11.3 Å². The van der Waals surface area contributed by atoms with Crippen LogP contribution in [-0.2, 0) is 30.4 Å². The van der Waals surface area contributed by atoms with Crippen LogP contribution in [0.4, 0.5) is 8.78 Å². The first kappa shape index (κ1) is 113. The van der Waals surface area contributed by atoms with E-state index in [1.54, 1.807) is 72.2 Å². The molecule has 0 atom stereocenters. The second-order valence-electron chi connectivity index (χ2n) is 34.8. The summed E-state index contributed by atoms with van der Waals surface area (Å²) in [6.07, 6.45) is 41.4. The highest BCUT2D eigenvalue weighted by Crippen LogP contribution is 2.34. The lowest BCUT2D eigenvalue weighted by atomic mass is 9.99. The van der Waals surface area contributed by atoms with Gasteiger partial charge < -0.3 is 39.7 Å². The number of rotatable bonds is 52. The predicted molar refractivity (Wildman–Crippen MR) is 560 cm³/mol. The summed E-state index contributed by atoms with van der Waals surface area (Å²) >= 11 is 1.53. The molecule has 0 saturated heterocycles. The van der Waals surface area contributed by atoms with Crippen LogP contribution in [-0.4, -0.2) is 97.9 Å². The molecule has 0 spiro atoms. The van der Waals surface area contributed by atoms with Crippen molar-refractivity contribution in [1.82, 2.24) is 10.5 Å². The summed E-state index contributed by atoms with van der Waals surface area (Å²) in [6.45, 7) is 17.7. The summed E-state index contributed by atoms with van der Waals surface area (Å²) < 4.78 is 44.6. The summed E-state index contributed by atoms with van der Waals surface area (Å²) in [5.74, 6) is -5.27. The number of carboxylic acids is 5. The summed E-state index contributed by atoms with van der Waals surface area (Å²) in [7, 11) is 0. The van der Waals surface area contributed by atoms with E-state index >= 15 is 0 Å². The molecule has 12 aromatic rings. The molecule has 20 heteroatoms. The number of halogens is 2. The van der Waals surface area contributed by atoms with Gasteiger partial charge in [0.15, 0.2) is 0 Å². The van der Waals surface area contributed by atoms with E-state index in [1.165, 1.54) is 231 Å². The number of amides is 1. The number of hydroxylamine groups is 1. The van der Waals surface area contributed by atoms with E-state index in [0.29, 0.717) is 46.9 Å². The van der Waals surface area contributed by atoms with Gasteiger partial charge in [0.2, 0.25) is 5.88 Å². The van der Waals surface area contributed by atoms with Crippen molar-refractivity contribution in [2.24, 2.45) is 0 Å². The number of hydrogen-bond acceptors (Lipinski definition) is 12. The molecule has 0 aliphatic carbocycles. The Labute approximate surface area is 826 Å². The lowest BCUT2D eigenvalue weighted by Crippen LogP contribution is -2.18. The Bertz CT molecular complexity index is 5540. The predicted octanol–water partition coefficient (Wildman–Crippen LogP) is 32.2. The lowest BCUT2D eigenvalue weighted by molar-refractivity contribution is 0.0681. The van der Waals surface area contributed by atoms with E-state index in [1.807, 2.05) is 104 Å². The fraction of sp³-hybridized carbons (Fsp3) is 0.370. The van der Waals surface area contributed by atoms with Crippen molar-refractivity contribution in [3.05, 3.63) is 327 Å². The molecule has 0 aliphatic heterocycles. The minimum atomic E-state index is -1.24. The second-order valence-corrected chi connectivity index (χ2v) is 36.0. The number of thiazole rings is 1. The third kappa shape index (κ3) is 42.6. The zero-order valence-corrected chi connectivity index (χ0v) is 83.2. The van der Waals surface area contributed by atoms with Crippen LogP contribution in [0.5, 0.6) is 11.6 Å². The van der Waals surface area contributed by atoms with Gasteiger partial charge in [-0.3, -0.25) is 10.0 Å².